The van der Waals surface area contributed by atoms with Crippen molar-refractivity contribution in [3.8, 4) is 11.5 Å². The number of carbonyl (C=O) groups excluding carboxylic acids is 1. The Kier molecular flexibility index (Phi) is 8.71. The van der Waals surface area contributed by atoms with Crippen LogP contribution in [0.1, 0.15) is 6.92 Å². The van der Waals surface area contributed by atoms with Crippen LogP contribution < -0.4 is 20.5 Å². The highest BCUT2D eigenvalue weighted by Gasteiger charge is 2.16. The molecule has 1 aromatic rings. The third kappa shape index (κ3) is 4.88. The van der Waals surface area contributed by atoms with E-state index in [1.165, 1.54) is 7.11 Å². The molecule has 0 heterocycles. The molecule has 1 atom stereocenters. The zero-order valence-corrected chi connectivity index (χ0v) is 12.7. The molecular formula is C13H21ClN2O4. The minimum atomic E-state index is -0.669. The molecule has 7 heteroatoms. The second kappa shape index (κ2) is 9.41. The van der Waals surface area contributed by atoms with Crippen LogP contribution in [-0.4, -0.2) is 39.4 Å². The highest BCUT2D eigenvalue weighted by molar-refractivity contribution is 5.94. The van der Waals surface area contributed by atoms with Crippen molar-refractivity contribution >= 4 is 24.0 Å². The Morgan fingerprint density at radius 3 is 2.55 bits per heavy atom. The van der Waals surface area contributed by atoms with Gasteiger partial charge in [0.1, 0.15) is 6.10 Å². The maximum absolute atomic E-state index is 11.8. The summed E-state index contributed by atoms with van der Waals surface area (Å²) in [6, 6.07) is 5.16. The van der Waals surface area contributed by atoms with Crippen molar-refractivity contribution in [1.82, 2.24) is 0 Å². The molecule has 20 heavy (non-hydrogen) atoms. The van der Waals surface area contributed by atoms with Gasteiger partial charge in [0.05, 0.1) is 13.7 Å². The van der Waals surface area contributed by atoms with Crippen LogP contribution >= 0.6 is 12.4 Å². The van der Waals surface area contributed by atoms with Crippen molar-refractivity contribution in [1.29, 1.82) is 0 Å². The lowest BCUT2D eigenvalue weighted by molar-refractivity contribution is -0.125. The summed E-state index contributed by atoms with van der Waals surface area (Å²) in [6.07, 6.45) is -0.669. The summed E-state index contributed by atoms with van der Waals surface area (Å²) in [5.41, 5.74) is 6.03. The Balaban J connectivity index is 0.00000361. The molecule has 0 bridgehead atoms. The lowest BCUT2D eigenvalue weighted by atomic mass is 10.2. The molecule has 0 aliphatic carbocycles. The third-order valence-electron chi connectivity index (χ3n) is 2.52. The van der Waals surface area contributed by atoms with Crippen LogP contribution in [-0.2, 0) is 9.53 Å². The molecule has 0 aliphatic rings. The number of hydrogen-bond donors (Lipinski definition) is 2. The minimum absolute atomic E-state index is 0. The molecule has 0 fully saturated rings. The van der Waals surface area contributed by atoms with Crippen molar-refractivity contribution in [2.75, 3.05) is 32.7 Å². The first-order chi connectivity index (χ1) is 9.15. The highest BCUT2D eigenvalue weighted by atomic mass is 35.5. The molecular weight excluding hydrogens is 284 g/mol. The van der Waals surface area contributed by atoms with Crippen molar-refractivity contribution in [2.24, 2.45) is 5.73 Å². The fourth-order valence-corrected chi connectivity index (χ4v) is 1.55. The molecule has 0 spiro atoms. The lowest BCUT2D eigenvalue weighted by Gasteiger charge is -2.15. The second-order valence-corrected chi connectivity index (χ2v) is 3.75. The molecule has 0 radical (unpaired) electrons. The second-order valence-electron chi connectivity index (χ2n) is 3.75. The summed E-state index contributed by atoms with van der Waals surface area (Å²) in [5, 5.41) is 2.71. The predicted octanol–water partition coefficient (Wildman–Crippen LogP) is 1.43. The quantitative estimate of drug-likeness (QED) is 0.796. The Hall–Kier alpha value is -1.50. The van der Waals surface area contributed by atoms with E-state index < -0.39 is 6.10 Å². The fraction of sp³-hybridized carbons (Fsp3) is 0.462. The number of benzene rings is 1. The zero-order chi connectivity index (χ0) is 14.3. The predicted molar refractivity (Wildman–Crippen MR) is 79.9 cm³/mol. The van der Waals surface area contributed by atoms with Crippen LogP contribution in [0.4, 0.5) is 5.69 Å². The van der Waals surface area contributed by atoms with E-state index >= 15 is 0 Å². The van der Waals surface area contributed by atoms with E-state index in [1.54, 1.807) is 25.3 Å². The summed E-state index contributed by atoms with van der Waals surface area (Å²) in [6.45, 7) is 2.55. The molecule has 1 unspecified atom stereocenters. The van der Waals surface area contributed by atoms with Crippen LogP contribution in [0.2, 0.25) is 0 Å². The average Bonchev–Trinajstić information content (AvgIpc) is 2.42. The van der Waals surface area contributed by atoms with Gasteiger partial charge in [0.2, 0.25) is 0 Å². The van der Waals surface area contributed by atoms with E-state index in [1.807, 2.05) is 6.92 Å². The van der Waals surface area contributed by atoms with E-state index in [0.717, 1.165) is 0 Å². The minimum Gasteiger partial charge on any atom is -0.493 e. The molecule has 0 aromatic heterocycles. The molecule has 0 saturated heterocycles. The van der Waals surface area contributed by atoms with Gasteiger partial charge in [0.25, 0.3) is 5.91 Å². The van der Waals surface area contributed by atoms with Gasteiger partial charge in [-0.2, -0.15) is 0 Å². The molecule has 1 aromatic carbocycles. The first-order valence-corrected chi connectivity index (χ1v) is 6.00. The molecule has 0 aliphatic heterocycles. The van der Waals surface area contributed by atoms with E-state index in [4.69, 9.17) is 19.9 Å². The summed E-state index contributed by atoms with van der Waals surface area (Å²) in [4.78, 5) is 11.8. The first kappa shape index (κ1) is 18.5. The topological polar surface area (TPSA) is 82.8 Å². The van der Waals surface area contributed by atoms with Crippen LogP contribution in [0, 0.1) is 0 Å². The van der Waals surface area contributed by atoms with Crippen molar-refractivity contribution in [3.63, 3.8) is 0 Å². The standard InChI is InChI=1S/C13H20N2O4.ClH/c1-4-19-10-6-5-9(7-11(10)17-2)15-13(16)12(8-14)18-3;/h5-7,12H,4,8,14H2,1-3H3,(H,15,16);1H. The number of hydrogen-bond acceptors (Lipinski definition) is 5. The van der Waals surface area contributed by atoms with Crippen molar-refractivity contribution in [2.45, 2.75) is 13.0 Å². The van der Waals surface area contributed by atoms with E-state index in [9.17, 15) is 4.79 Å². The van der Waals surface area contributed by atoms with Gasteiger partial charge >= 0.3 is 0 Å². The number of ether oxygens (including phenoxy) is 3. The SMILES string of the molecule is CCOc1ccc(NC(=O)C(CN)OC)cc1OC.Cl. The van der Waals surface area contributed by atoms with E-state index in [2.05, 4.69) is 5.32 Å². The monoisotopic (exact) mass is 304 g/mol. The summed E-state index contributed by atoms with van der Waals surface area (Å²) in [7, 11) is 2.98. The molecule has 114 valence electrons. The maximum Gasteiger partial charge on any atom is 0.254 e. The maximum atomic E-state index is 11.8. The molecule has 6 nitrogen and oxygen atoms in total. The molecule has 1 amide bonds. The number of amides is 1. The van der Waals surface area contributed by atoms with Gasteiger partial charge in [-0.1, -0.05) is 0 Å². The Labute approximate surface area is 125 Å². The van der Waals surface area contributed by atoms with Gasteiger partial charge in [-0.25, -0.2) is 0 Å². The van der Waals surface area contributed by atoms with Gasteiger partial charge in [-0.05, 0) is 19.1 Å². The van der Waals surface area contributed by atoms with E-state index in [-0.39, 0.29) is 24.9 Å². The summed E-state index contributed by atoms with van der Waals surface area (Å²) < 4.78 is 15.6. The Bertz CT molecular complexity index is 425. The van der Waals surface area contributed by atoms with Crippen LogP contribution in [0.15, 0.2) is 18.2 Å². The van der Waals surface area contributed by atoms with Crippen LogP contribution in [0.25, 0.3) is 0 Å². The number of anilines is 1. The Morgan fingerprint density at radius 1 is 1.35 bits per heavy atom. The van der Waals surface area contributed by atoms with Gasteiger partial charge in [0, 0.05) is 25.4 Å². The fourth-order valence-electron chi connectivity index (χ4n) is 1.55. The third-order valence-corrected chi connectivity index (χ3v) is 2.52. The number of nitrogens with one attached hydrogen (secondary N) is 1. The number of nitrogens with two attached hydrogens (primary N) is 1. The first-order valence-electron chi connectivity index (χ1n) is 6.00. The van der Waals surface area contributed by atoms with Gasteiger partial charge < -0.3 is 25.3 Å². The number of rotatable bonds is 7. The molecule has 3 N–H and O–H groups in total. The largest absolute Gasteiger partial charge is 0.493 e. The molecule has 0 saturated carbocycles. The zero-order valence-electron chi connectivity index (χ0n) is 11.8. The van der Waals surface area contributed by atoms with Crippen LogP contribution in [0.3, 0.4) is 0 Å². The summed E-state index contributed by atoms with van der Waals surface area (Å²) in [5.74, 6) is 0.891. The smallest absolute Gasteiger partial charge is 0.254 e. The van der Waals surface area contributed by atoms with Gasteiger partial charge in [0.15, 0.2) is 11.5 Å². The van der Waals surface area contributed by atoms with Crippen molar-refractivity contribution in [3.05, 3.63) is 18.2 Å². The number of methoxy groups -OCH3 is 2. The highest BCUT2D eigenvalue weighted by Crippen LogP contribution is 2.30. The Morgan fingerprint density at radius 2 is 2.05 bits per heavy atom. The van der Waals surface area contributed by atoms with Gasteiger partial charge in [-0.15, -0.1) is 12.4 Å². The number of carbonyl (C=O) groups is 1. The molecule has 1 rings (SSSR count). The van der Waals surface area contributed by atoms with Crippen molar-refractivity contribution < 1.29 is 19.0 Å². The van der Waals surface area contributed by atoms with Gasteiger partial charge in [-0.3, -0.25) is 4.79 Å². The van der Waals surface area contributed by atoms with E-state index in [0.29, 0.717) is 23.8 Å². The number of halogens is 1. The lowest BCUT2D eigenvalue weighted by Crippen LogP contribution is -2.35. The average molecular weight is 305 g/mol. The van der Waals surface area contributed by atoms with Crippen LogP contribution in [0.5, 0.6) is 11.5 Å². The summed E-state index contributed by atoms with van der Waals surface area (Å²) >= 11 is 0. The normalized spacial score (nSPS) is 11.2.